The van der Waals surface area contributed by atoms with E-state index < -0.39 is 18.1 Å². The molecular weight excluding hydrogens is 462 g/mol. The van der Waals surface area contributed by atoms with E-state index in [1.54, 1.807) is 4.90 Å². The molecule has 2 fully saturated rings. The molecule has 1 N–H and O–H groups in total. The van der Waals surface area contributed by atoms with Crippen molar-refractivity contribution in [1.82, 2.24) is 4.90 Å². The third kappa shape index (κ3) is 5.15. The highest BCUT2D eigenvalue weighted by Gasteiger charge is 2.44. The number of ether oxygens (including phenoxy) is 1. The zero-order valence-corrected chi connectivity index (χ0v) is 22.4. The van der Waals surface area contributed by atoms with E-state index in [0.717, 1.165) is 38.5 Å². The number of carboxylic acid groups (broad SMARTS) is 1. The number of carbonyl (C=O) groups is 2. The van der Waals surface area contributed by atoms with Crippen LogP contribution in [0, 0.1) is 23.7 Å². The van der Waals surface area contributed by atoms with Crippen LogP contribution in [0.15, 0.2) is 48.5 Å². The van der Waals surface area contributed by atoms with E-state index in [-0.39, 0.29) is 24.5 Å². The van der Waals surface area contributed by atoms with Crippen molar-refractivity contribution in [2.45, 2.75) is 83.7 Å². The summed E-state index contributed by atoms with van der Waals surface area (Å²) in [5, 5.41) is 10.4. The highest BCUT2D eigenvalue weighted by molar-refractivity contribution is 5.81. The van der Waals surface area contributed by atoms with Crippen LogP contribution in [0.5, 0.6) is 0 Å². The zero-order valence-electron chi connectivity index (χ0n) is 22.4. The van der Waals surface area contributed by atoms with Gasteiger partial charge in [-0.1, -0.05) is 95.0 Å². The minimum Gasteiger partial charge on any atom is -0.480 e. The molecule has 1 amide bonds. The largest absolute Gasteiger partial charge is 0.480 e. The summed E-state index contributed by atoms with van der Waals surface area (Å²) in [6, 6.07) is 15.7. The maximum absolute atomic E-state index is 14.0. The maximum Gasteiger partial charge on any atom is 0.410 e. The van der Waals surface area contributed by atoms with Gasteiger partial charge in [-0.15, -0.1) is 0 Å². The van der Waals surface area contributed by atoms with E-state index in [2.05, 4.69) is 45.0 Å². The summed E-state index contributed by atoms with van der Waals surface area (Å²) in [6.45, 7) is 6.84. The Kier molecular flexibility index (Phi) is 7.60. The van der Waals surface area contributed by atoms with Gasteiger partial charge in [-0.05, 0) is 65.2 Å². The van der Waals surface area contributed by atoms with Crippen LogP contribution in [0.25, 0.3) is 11.1 Å². The summed E-state index contributed by atoms with van der Waals surface area (Å²) in [7, 11) is 0. The molecule has 5 rings (SSSR count). The highest BCUT2D eigenvalue weighted by atomic mass is 16.6. The topological polar surface area (TPSA) is 66.8 Å². The lowest BCUT2D eigenvalue weighted by Gasteiger charge is -2.46. The molecule has 3 aliphatic rings. The van der Waals surface area contributed by atoms with E-state index in [0.29, 0.717) is 24.2 Å². The third-order valence-corrected chi connectivity index (χ3v) is 9.29. The van der Waals surface area contributed by atoms with Gasteiger partial charge in [0.15, 0.2) is 0 Å². The Bertz CT molecular complexity index is 1080. The number of carbonyl (C=O) groups excluding carboxylic acids is 1. The molecule has 5 nitrogen and oxygen atoms in total. The molecule has 0 aromatic heterocycles. The number of aliphatic carboxylic acids is 1. The van der Waals surface area contributed by atoms with Crippen LogP contribution in [-0.2, 0) is 9.53 Å². The van der Waals surface area contributed by atoms with E-state index in [1.165, 1.54) is 22.3 Å². The third-order valence-electron chi connectivity index (χ3n) is 9.29. The Balaban J connectivity index is 1.43. The molecule has 2 aromatic rings. The molecule has 4 atom stereocenters. The molecular formula is C32H41NO4. The molecule has 3 aliphatic carbocycles. The van der Waals surface area contributed by atoms with Crippen molar-refractivity contribution in [2.75, 3.05) is 6.61 Å². The highest BCUT2D eigenvalue weighted by Crippen LogP contribution is 2.45. The fourth-order valence-electron chi connectivity index (χ4n) is 7.01. The number of benzene rings is 2. The Morgan fingerprint density at radius 1 is 0.973 bits per heavy atom. The standard InChI is InChI=1S/C32H41NO4/c1-20(2)23-16-15-21(3)17-29(23)33(30(31(34)35)18-22-9-8-10-22)32(36)37-19-28-26-13-6-4-11-24(26)25-12-5-7-14-27(25)28/h4-7,11-14,20-23,28-30H,8-10,15-19H2,1-3H3,(H,34,35)/t21?,23?,29?,30-/m0/s1. The Labute approximate surface area is 221 Å². The van der Waals surface area contributed by atoms with Gasteiger partial charge in [-0.2, -0.15) is 0 Å². The molecule has 0 heterocycles. The van der Waals surface area contributed by atoms with Crippen LogP contribution in [0.2, 0.25) is 0 Å². The van der Waals surface area contributed by atoms with Gasteiger partial charge in [0.1, 0.15) is 12.6 Å². The van der Waals surface area contributed by atoms with Crippen molar-refractivity contribution < 1.29 is 19.4 Å². The SMILES string of the molecule is CC1CCC(C(C)C)C(N(C(=O)OCC2c3ccccc3-c3ccccc32)[C@@H](CC2CCC2)C(=O)O)C1. The summed E-state index contributed by atoms with van der Waals surface area (Å²) in [6.07, 6.45) is 6.30. The summed E-state index contributed by atoms with van der Waals surface area (Å²) >= 11 is 0. The van der Waals surface area contributed by atoms with Gasteiger partial charge < -0.3 is 9.84 Å². The second-order valence-electron chi connectivity index (χ2n) is 12.0. The molecule has 0 spiro atoms. The van der Waals surface area contributed by atoms with Gasteiger partial charge in [0.2, 0.25) is 0 Å². The van der Waals surface area contributed by atoms with Gasteiger partial charge in [0.25, 0.3) is 0 Å². The van der Waals surface area contributed by atoms with Gasteiger partial charge in [0, 0.05) is 12.0 Å². The van der Waals surface area contributed by atoms with Gasteiger partial charge in [-0.3, -0.25) is 4.90 Å². The lowest BCUT2D eigenvalue weighted by atomic mass is 9.72. The summed E-state index contributed by atoms with van der Waals surface area (Å²) < 4.78 is 6.11. The van der Waals surface area contributed by atoms with E-state index in [9.17, 15) is 14.7 Å². The van der Waals surface area contributed by atoms with Gasteiger partial charge >= 0.3 is 12.1 Å². The van der Waals surface area contributed by atoms with Crippen LogP contribution in [0.4, 0.5) is 4.79 Å². The predicted molar refractivity (Wildman–Crippen MR) is 145 cm³/mol. The fraction of sp³-hybridized carbons (Fsp3) is 0.562. The predicted octanol–water partition coefficient (Wildman–Crippen LogP) is 7.34. The molecule has 0 aliphatic heterocycles. The van der Waals surface area contributed by atoms with Crippen LogP contribution in [0.3, 0.4) is 0 Å². The maximum atomic E-state index is 14.0. The van der Waals surface area contributed by atoms with Crippen molar-refractivity contribution in [3.05, 3.63) is 59.7 Å². The molecule has 37 heavy (non-hydrogen) atoms. The second kappa shape index (κ2) is 10.9. The van der Waals surface area contributed by atoms with E-state index in [1.807, 2.05) is 24.3 Å². The number of carboxylic acids is 1. The van der Waals surface area contributed by atoms with E-state index >= 15 is 0 Å². The lowest BCUT2D eigenvalue weighted by Crippen LogP contribution is -2.56. The number of fused-ring (bicyclic) bond motifs is 3. The number of hydrogen-bond donors (Lipinski definition) is 1. The first-order valence-electron chi connectivity index (χ1n) is 14.2. The Morgan fingerprint density at radius 2 is 1.59 bits per heavy atom. The molecule has 0 radical (unpaired) electrons. The first-order chi connectivity index (χ1) is 17.8. The average Bonchev–Trinajstić information content (AvgIpc) is 3.17. The molecule has 5 heteroatoms. The van der Waals surface area contributed by atoms with Crippen molar-refractivity contribution in [3.63, 3.8) is 0 Å². The molecule has 3 unspecified atom stereocenters. The molecule has 0 saturated heterocycles. The number of amides is 1. The van der Waals surface area contributed by atoms with Crippen molar-refractivity contribution in [3.8, 4) is 11.1 Å². The average molecular weight is 504 g/mol. The summed E-state index contributed by atoms with van der Waals surface area (Å²) in [4.78, 5) is 28.3. The number of hydrogen-bond acceptors (Lipinski definition) is 3. The zero-order chi connectivity index (χ0) is 26.1. The molecule has 2 aromatic carbocycles. The van der Waals surface area contributed by atoms with Crippen molar-refractivity contribution in [2.24, 2.45) is 23.7 Å². The minimum atomic E-state index is -0.902. The summed E-state index contributed by atoms with van der Waals surface area (Å²) in [5.41, 5.74) is 4.70. The number of nitrogens with zero attached hydrogens (tertiary/aromatic N) is 1. The van der Waals surface area contributed by atoms with Crippen molar-refractivity contribution in [1.29, 1.82) is 0 Å². The Morgan fingerprint density at radius 3 is 2.14 bits per heavy atom. The minimum absolute atomic E-state index is 0.0423. The van der Waals surface area contributed by atoms with Crippen LogP contribution in [0.1, 0.15) is 82.8 Å². The van der Waals surface area contributed by atoms with Gasteiger partial charge in [0.05, 0.1) is 0 Å². The Hall–Kier alpha value is -2.82. The fourth-order valence-corrected chi connectivity index (χ4v) is 7.01. The smallest absolute Gasteiger partial charge is 0.410 e. The first kappa shape index (κ1) is 25.8. The normalized spacial score (nSPS) is 24.2. The molecule has 198 valence electrons. The van der Waals surface area contributed by atoms with Crippen molar-refractivity contribution >= 4 is 12.1 Å². The number of rotatable bonds is 8. The quantitative estimate of drug-likeness (QED) is 0.409. The van der Waals surface area contributed by atoms with E-state index in [4.69, 9.17) is 4.74 Å². The van der Waals surface area contributed by atoms with Crippen LogP contribution in [-0.4, -0.2) is 40.8 Å². The van der Waals surface area contributed by atoms with Crippen LogP contribution >= 0.6 is 0 Å². The lowest BCUT2D eigenvalue weighted by molar-refractivity contribution is -0.146. The second-order valence-corrected chi connectivity index (χ2v) is 12.0. The monoisotopic (exact) mass is 503 g/mol. The van der Waals surface area contributed by atoms with Gasteiger partial charge in [-0.25, -0.2) is 9.59 Å². The molecule has 2 saturated carbocycles. The summed E-state index contributed by atoms with van der Waals surface area (Å²) in [5.74, 6) is 0.547. The molecule has 0 bridgehead atoms. The van der Waals surface area contributed by atoms with Crippen LogP contribution < -0.4 is 0 Å². The first-order valence-corrected chi connectivity index (χ1v) is 14.2.